The summed E-state index contributed by atoms with van der Waals surface area (Å²) in [4.78, 5) is 10.5. The Bertz CT molecular complexity index is 442. The van der Waals surface area contributed by atoms with Crippen molar-refractivity contribution in [3.8, 4) is 5.75 Å². The molecule has 0 saturated heterocycles. The van der Waals surface area contributed by atoms with Gasteiger partial charge in [0, 0.05) is 23.4 Å². The summed E-state index contributed by atoms with van der Waals surface area (Å²) in [7, 11) is 0. The predicted molar refractivity (Wildman–Crippen MR) is 76.9 cm³/mol. The van der Waals surface area contributed by atoms with Crippen LogP contribution in [0.15, 0.2) is 18.2 Å². The van der Waals surface area contributed by atoms with E-state index in [4.69, 9.17) is 4.74 Å². The summed E-state index contributed by atoms with van der Waals surface area (Å²) in [6, 6.07) is 4.91. The molecule has 0 atom stereocenters. The Balaban J connectivity index is 3.04. The Morgan fingerprint density at radius 2 is 1.95 bits per heavy atom. The van der Waals surface area contributed by atoms with Crippen molar-refractivity contribution in [3.63, 3.8) is 0 Å². The van der Waals surface area contributed by atoms with Crippen LogP contribution in [0.25, 0.3) is 0 Å². The lowest BCUT2D eigenvalue weighted by atomic mass is 9.95. The van der Waals surface area contributed by atoms with E-state index in [0.29, 0.717) is 12.4 Å². The third kappa shape index (κ3) is 3.84. The standard InChI is InChI=1S/C14H22N2O3/c1-5-14(4,6-2)15-11-8-9-12(16(17)18)13(10-11)19-7-3/h8-10,15H,5-7H2,1-4H3. The number of nitro benzene ring substituents is 1. The molecular formula is C14H22N2O3. The van der Waals surface area contributed by atoms with Crippen molar-refractivity contribution < 1.29 is 9.66 Å². The van der Waals surface area contributed by atoms with Gasteiger partial charge in [0.1, 0.15) is 0 Å². The number of ether oxygens (including phenoxy) is 1. The summed E-state index contributed by atoms with van der Waals surface area (Å²) in [5, 5.41) is 14.3. The Morgan fingerprint density at radius 3 is 2.42 bits per heavy atom. The number of nitro groups is 1. The fourth-order valence-electron chi connectivity index (χ4n) is 1.79. The van der Waals surface area contributed by atoms with Crippen LogP contribution in [0.3, 0.4) is 0 Å². The first-order valence-corrected chi connectivity index (χ1v) is 6.65. The van der Waals surface area contributed by atoms with Crippen LogP contribution >= 0.6 is 0 Å². The summed E-state index contributed by atoms with van der Waals surface area (Å²) in [6.07, 6.45) is 1.95. The smallest absolute Gasteiger partial charge is 0.311 e. The van der Waals surface area contributed by atoms with Crippen LogP contribution in [0.1, 0.15) is 40.5 Å². The molecule has 19 heavy (non-hydrogen) atoms. The van der Waals surface area contributed by atoms with Gasteiger partial charge in [0.15, 0.2) is 5.75 Å². The van der Waals surface area contributed by atoms with Crippen LogP contribution in [0.2, 0.25) is 0 Å². The maximum absolute atomic E-state index is 10.9. The molecule has 0 amide bonds. The fourth-order valence-corrected chi connectivity index (χ4v) is 1.79. The molecule has 1 N–H and O–H groups in total. The average molecular weight is 266 g/mol. The molecule has 1 aromatic carbocycles. The minimum atomic E-state index is -0.423. The quantitative estimate of drug-likeness (QED) is 0.598. The SMILES string of the molecule is CCOc1cc(NC(C)(CC)CC)ccc1[N+](=O)[O-]. The van der Waals surface area contributed by atoms with Crippen molar-refractivity contribution in [1.82, 2.24) is 0 Å². The van der Waals surface area contributed by atoms with Crippen molar-refractivity contribution in [2.75, 3.05) is 11.9 Å². The normalized spacial score (nSPS) is 11.2. The zero-order valence-corrected chi connectivity index (χ0v) is 12.0. The zero-order valence-electron chi connectivity index (χ0n) is 12.0. The van der Waals surface area contributed by atoms with Crippen LogP contribution in [0.5, 0.6) is 5.75 Å². The van der Waals surface area contributed by atoms with E-state index in [-0.39, 0.29) is 11.2 Å². The van der Waals surface area contributed by atoms with Gasteiger partial charge in [-0.05, 0) is 32.8 Å². The molecule has 106 valence electrons. The van der Waals surface area contributed by atoms with Crippen molar-refractivity contribution in [2.45, 2.75) is 46.1 Å². The Morgan fingerprint density at radius 1 is 1.32 bits per heavy atom. The minimum Gasteiger partial charge on any atom is -0.487 e. The molecule has 0 spiro atoms. The molecule has 0 bridgehead atoms. The van der Waals surface area contributed by atoms with Gasteiger partial charge in [-0.25, -0.2) is 0 Å². The summed E-state index contributed by atoms with van der Waals surface area (Å²) in [6.45, 7) is 8.58. The third-order valence-electron chi connectivity index (χ3n) is 3.46. The molecule has 1 rings (SSSR count). The largest absolute Gasteiger partial charge is 0.487 e. The van der Waals surface area contributed by atoms with Crippen LogP contribution in [0, 0.1) is 10.1 Å². The lowest BCUT2D eigenvalue weighted by molar-refractivity contribution is -0.385. The summed E-state index contributed by atoms with van der Waals surface area (Å²) in [5.74, 6) is 0.312. The first-order valence-electron chi connectivity index (χ1n) is 6.65. The highest BCUT2D eigenvalue weighted by Gasteiger charge is 2.21. The van der Waals surface area contributed by atoms with E-state index in [1.807, 2.05) is 6.92 Å². The molecule has 5 nitrogen and oxygen atoms in total. The molecule has 0 fully saturated rings. The van der Waals surface area contributed by atoms with E-state index in [9.17, 15) is 10.1 Å². The van der Waals surface area contributed by atoms with Gasteiger partial charge in [0.25, 0.3) is 0 Å². The maximum atomic E-state index is 10.9. The highest BCUT2D eigenvalue weighted by Crippen LogP contribution is 2.32. The van der Waals surface area contributed by atoms with E-state index >= 15 is 0 Å². The third-order valence-corrected chi connectivity index (χ3v) is 3.46. The molecular weight excluding hydrogens is 244 g/mol. The van der Waals surface area contributed by atoms with Crippen molar-refractivity contribution in [1.29, 1.82) is 0 Å². The van der Waals surface area contributed by atoms with Gasteiger partial charge in [0.2, 0.25) is 0 Å². The van der Waals surface area contributed by atoms with Gasteiger partial charge >= 0.3 is 5.69 Å². The van der Waals surface area contributed by atoms with Crippen LogP contribution in [0.4, 0.5) is 11.4 Å². The van der Waals surface area contributed by atoms with E-state index < -0.39 is 4.92 Å². The van der Waals surface area contributed by atoms with Gasteiger partial charge in [-0.15, -0.1) is 0 Å². The lowest BCUT2D eigenvalue weighted by Gasteiger charge is -2.29. The summed E-state index contributed by atoms with van der Waals surface area (Å²) in [5.41, 5.74) is 0.835. The molecule has 5 heteroatoms. The van der Waals surface area contributed by atoms with E-state index in [2.05, 4.69) is 26.1 Å². The number of hydrogen-bond donors (Lipinski definition) is 1. The molecule has 0 radical (unpaired) electrons. The minimum absolute atomic E-state index is 0.00194. The topological polar surface area (TPSA) is 64.4 Å². The maximum Gasteiger partial charge on any atom is 0.311 e. The van der Waals surface area contributed by atoms with E-state index in [1.54, 1.807) is 12.1 Å². The average Bonchev–Trinajstić information content (AvgIpc) is 2.39. The van der Waals surface area contributed by atoms with Gasteiger partial charge in [-0.3, -0.25) is 10.1 Å². The first kappa shape index (κ1) is 15.3. The highest BCUT2D eigenvalue weighted by atomic mass is 16.6. The van der Waals surface area contributed by atoms with E-state index in [1.165, 1.54) is 6.07 Å². The number of anilines is 1. The monoisotopic (exact) mass is 266 g/mol. The molecule has 0 heterocycles. The Labute approximate surface area is 114 Å². The van der Waals surface area contributed by atoms with Gasteiger partial charge in [-0.2, -0.15) is 0 Å². The molecule has 0 aromatic heterocycles. The van der Waals surface area contributed by atoms with Gasteiger partial charge in [-0.1, -0.05) is 13.8 Å². The molecule has 0 unspecified atom stereocenters. The number of hydrogen-bond acceptors (Lipinski definition) is 4. The number of nitrogens with zero attached hydrogens (tertiary/aromatic N) is 1. The molecule has 1 aromatic rings. The second kappa shape index (κ2) is 6.41. The Kier molecular flexibility index (Phi) is 5.15. The zero-order chi connectivity index (χ0) is 14.5. The summed E-state index contributed by atoms with van der Waals surface area (Å²) < 4.78 is 5.34. The van der Waals surface area contributed by atoms with Crippen LogP contribution < -0.4 is 10.1 Å². The molecule has 0 aliphatic carbocycles. The second-order valence-electron chi connectivity index (χ2n) is 4.77. The first-order chi connectivity index (χ1) is 8.95. The highest BCUT2D eigenvalue weighted by molar-refractivity contribution is 5.58. The summed E-state index contributed by atoms with van der Waals surface area (Å²) >= 11 is 0. The molecule has 0 aliphatic rings. The lowest BCUT2D eigenvalue weighted by Crippen LogP contribution is -2.32. The van der Waals surface area contributed by atoms with Crippen LogP contribution in [-0.4, -0.2) is 17.1 Å². The number of rotatable bonds is 7. The Hall–Kier alpha value is -1.78. The number of nitrogens with one attached hydrogen (secondary N) is 1. The van der Waals surface area contributed by atoms with Crippen molar-refractivity contribution >= 4 is 11.4 Å². The molecule has 0 aliphatic heterocycles. The number of benzene rings is 1. The molecule has 0 saturated carbocycles. The fraction of sp³-hybridized carbons (Fsp3) is 0.571. The van der Waals surface area contributed by atoms with Crippen LogP contribution in [-0.2, 0) is 0 Å². The van der Waals surface area contributed by atoms with Crippen molar-refractivity contribution in [3.05, 3.63) is 28.3 Å². The van der Waals surface area contributed by atoms with E-state index in [0.717, 1.165) is 18.5 Å². The van der Waals surface area contributed by atoms with Crippen molar-refractivity contribution in [2.24, 2.45) is 0 Å². The van der Waals surface area contributed by atoms with Gasteiger partial charge < -0.3 is 10.1 Å². The second-order valence-corrected chi connectivity index (χ2v) is 4.77. The predicted octanol–water partition coefficient (Wildman–Crippen LogP) is 3.98. The van der Waals surface area contributed by atoms with Gasteiger partial charge in [0.05, 0.1) is 11.5 Å².